The summed E-state index contributed by atoms with van der Waals surface area (Å²) in [5.74, 6) is 2.13. The molecule has 0 unspecified atom stereocenters. The molecule has 2 aliphatic heterocycles. The largest absolute Gasteiger partial charge is 0.378 e. The summed E-state index contributed by atoms with van der Waals surface area (Å²) >= 11 is 0. The van der Waals surface area contributed by atoms with Crippen molar-refractivity contribution in [3.05, 3.63) is 29.8 Å². The Morgan fingerprint density at radius 2 is 2.03 bits per heavy atom. The lowest BCUT2D eigenvalue weighted by Crippen LogP contribution is -2.58. The maximum atomic E-state index is 12.7. The summed E-state index contributed by atoms with van der Waals surface area (Å²) in [7, 11) is 3.90. The zero-order valence-corrected chi connectivity index (χ0v) is 17.5. The van der Waals surface area contributed by atoms with Crippen molar-refractivity contribution in [1.29, 1.82) is 0 Å². The Kier molecular flexibility index (Phi) is 6.95. The SMILES string of the molecule is C#CCNC(=O)CC[C@@H]1CNC(=O)[C@@H]2C[C@@H](NC(=O)c3ccc(N(C)C)cc3)CN12. The van der Waals surface area contributed by atoms with Gasteiger partial charge in [0.1, 0.15) is 0 Å². The van der Waals surface area contributed by atoms with E-state index >= 15 is 0 Å². The second-order valence-electron chi connectivity index (χ2n) is 7.98. The topological polar surface area (TPSA) is 93.8 Å². The van der Waals surface area contributed by atoms with Crippen molar-refractivity contribution < 1.29 is 14.4 Å². The number of anilines is 1. The molecule has 3 amide bonds. The van der Waals surface area contributed by atoms with E-state index in [1.807, 2.05) is 31.1 Å². The van der Waals surface area contributed by atoms with Gasteiger partial charge in [0.15, 0.2) is 0 Å². The van der Waals surface area contributed by atoms with Gasteiger partial charge in [-0.15, -0.1) is 6.42 Å². The zero-order chi connectivity index (χ0) is 21.7. The highest BCUT2D eigenvalue weighted by molar-refractivity contribution is 5.95. The van der Waals surface area contributed by atoms with E-state index in [0.29, 0.717) is 37.9 Å². The number of carbonyl (C=O) groups is 3. The second kappa shape index (κ2) is 9.63. The predicted octanol–water partition coefficient (Wildman–Crippen LogP) is -0.0467. The number of terminal acetylenes is 1. The molecule has 3 atom stereocenters. The summed E-state index contributed by atoms with van der Waals surface area (Å²) in [6.45, 7) is 1.32. The zero-order valence-electron chi connectivity index (χ0n) is 17.5. The monoisotopic (exact) mass is 411 g/mol. The molecule has 3 N–H and O–H groups in total. The van der Waals surface area contributed by atoms with Crippen molar-refractivity contribution in [2.75, 3.05) is 38.6 Å². The Morgan fingerprint density at radius 3 is 2.70 bits per heavy atom. The van der Waals surface area contributed by atoms with Gasteiger partial charge in [-0.1, -0.05) is 5.92 Å². The summed E-state index contributed by atoms with van der Waals surface area (Å²) in [4.78, 5) is 40.9. The lowest BCUT2D eigenvalue weighted by Gasteiger charge is -2.37. The minimum atomic E-state index is -0.279. The molecular formula is C22H29N5O3. The van der Waals surface area contributed by atoms with E-state index in [2.05, 4.69) is 26.8 Å². The van der Waals surface area contributed by atoms with Crippen molar-refractivity contribution in [3.8, 4) is 12.3 Å². The van der Waals surface area contributed by atoms with Crippen molar-refractivity contribution in [2.24, 2.45) is 0 Å². The molecule has 0 spiro atoms. The number of fused-ring (bicyclic) bond motifs is 1. The van der Waals surface area contributed by atoms with Crippen molar-refractivity contribution in [1.82, 2.24) is 20.9 Å². The first-order valence-electron chi connectivity index (χ1n) is 10.2. The van der Waals surface area contributed by atoms with Gasteiger partial charge in [0.05, 0.1) is 12.6 Å². The number of piperazine rings is 1. The first-order valence-corrected chi connectivity index (χ1v) is 10.2. The maximum absolute atomic E-state index is 12.7. The van der Waals surface area contributed by atoms with Crippen LogP contribution in [0.3, 0.4) is 0 Å². The maximum Gasteiger partial charge on any atom is 0.251 e. The molecule has 0 saturated carbocycles. The lowest BCUT2D eigenvalue weighted by molar-refractivity contribution is -0.129. The number of nitrogens with zero attached hydrogens (tertiary/aromatic N) is 2. The van der Waals surface area contributed by atoms with Crippen LogP contribution in [0.25, 0.3) is 0 Å². The summed E-state index contributed by atoms with van der Waals surface area (Å²) in [5, 5.41) is 8.65. The normalized spacial score (nSPS) is 23.1. The number of rotatable bonds is 7. The third-order valence-electron chi connectivity index (χ3n) is 5.70. The smallest absolute Gasteiger partial charge is 0.251 e. The molecule has 2 fully saturated rings. The number of carbonyl (C=O) groups excluding carboxylic acids is 3. The molecule has 0 bridgehead atoms. The van der Waals surface area contributed by atoms with Crippen LogP contribution >= 0.6 is 0 Å². The van der Waals surface area contributed by atoms with Gasteiger partial charge < -0.3 is 20.9 Å². The summed E-state index contributed by atoms with van der Waals surface area (Å²) in [6.07, 6.45) is 6.70. The van der Waals surface area contributed by atoms with Gasteiger partial charge in [-0.05, 0) is 37.1 Å². The molecule has 1 aromatic carbocycles. The van der Waals surface area contributed by atoms with E-state index in [1.54, 1.807) is 12.1 Å². The predicted molar refractivity (Wildman–Crippen MR) is 115 cm³/mol. The van der Waals surface area contributed by atoms with E-state index in [-0.39, 0.29) is 42.4 Å². The fourth-order valence-electron chi connectivity index (χ4n) is 4.06. The molecule has 2 heterocycles. The minimum Gasteiger partial charge on any atom is -0.378 e. The Hall–Kier alpha value is -3.05. The van der Waals surface area contributed by atoms with Gasteiger partial charge in [0.2, 0.25) is 11.8 Å². The van der Waals surface area contributed by atoms with Crippen LogP contribution in [-0.4, -0.2) is 74.5 Å². The van der Waals surface area contributed by atoms with Crippen molar-refractivity contribution >= 4 is 23.4 Å². The van der Waals surface area contributed by atoms with Crippen LogP contribution in [0.5, 0.6) is 0 Å². The number of hydrogen-bond acceptors (Lipinski definition) is 5. The van der Waals surface area contributed by atoms with Crippen LogP contribution in [0.15, 0.2) is 24.3 Å². The highest BCUT2D eigenvalue weighted by Crippen LogP contribution is 2.26. The van der Waals surface area contributed by atoms with Crippen LogP contribution in [0.1, 0.15) is 29.6 Å². The molecule has 160 valence electrons. The first kappa shape index (κ1) is 21.7. The Labute approximate surface area is 177 Å². The first-order chi connectivity index (χ1) is 14.4. The highest BCUT2D eigenvalue weighted by Gasteiger charge is 2.43. The van der Waals surface area contributed by atoms with Gasteiger partial charge in [-0.25, -0.2) is 0 Å². The van der Waals surface area contributed by atoms with Crippen LogP contribution < -0.4 is 20.9 Å². The fourth-order valence-corrected chi connectivity index (χ4v) is 4.06. The van der Waals surface area contributed by atoms with Crippen molar-refractivity contribution in [3.63, 3.8) is 0 Å². The Morgan fingerprint density at radius 1 is 1.30 bits per heavy atom. The molecule has 0 aliphatic carbocycles. The van der Waals surface area contributed by atoms with Gasteiger partial charge in [0.25, 0.3) is 5.91 Å². The average molecular weight is 412 g/mol. The molecule has 3 rings (SSSR count). The standard InChI is InChI=1S/C22H29N5O3/c1-4-11-23-20(28)10-9-18-13-24-22(30)19-12-16(14-27(18)19)25-21(29)15-5-7-17(8-6-15)26(2)3/h1,5-8,16,18-19H,9-14H2,2-3H3,(H,23,28)(H,24,30)(H,25,29)/t16-,18-,19+/m1/s1. The van der Waals surface area contributed by atoms with Crippen LogP contribution in [0.4, 0.5) is 5.69 Å². The number of hydrogen-bond donors (Lipinski definition) is 3. The number of amides is 3. The molecule has 2 saturated heterocycles. The molecule has 1 aromatic rings. The molecule has 0 radical (unpaired) electrons. The average Bonchev–Trinajstić information content (AvgIpc) is 3.16. The van der Waals surface area contributed by atoms with E-state index in [0.717, 1.165) is 5.69 Å². The Bertz CT molecular complexity index is 830. The number of benzene rings is 1. The van der Waals surface area contributed by atoms with E-state index in [1.165, 1.54) is 0 Å². The molecule has 2 aliphatic rings. The fraction of sp³-hybridized carbons (Fsp3) is 0.500. The third-order valence-corrected chi connectivity index (χ3v) is 5.70. The summed E-state index contributed by atoms with van der Waals surface area (Å²) < 4.78 is 0. The van der Waals surface area contributed by atoms with Crippen molar-refractivity contribution in [2.45, 2.75) is 37.4 Å². The lowest BCUT2D eigenvalue weighted by atomic mass is 10.0. The van der Waals surface area contributed by atoms with Crippen LogP contribution in [0.2, 0.25) is 0 Å². The highest BCUT2D eigenvalue weighted by atomic mass is 16.2. The minimum absolute atomic E-state index is 0.0184. The van der Waals surface area contributed by atoms with Crippen LogP contribution in [0, 0.1) is 12.3 Å². The van der Waals surface area contributed by atoms with Gasteiger partial charge in [-0.3, -0.25) is 19.3 Å². The van der Waals surface area contributed by atoms with Crippen LogP contribution in [-0.2, 0) is 9.59 Å². The van der Waals surface area contributed by atoms with Gasteiger partial charge >= 0.3 is 0 Å². The van der Waals surface area contributed by atoms with E-state index in [9.17, 15) is 14.4 Å². The Balaban J connectivity index is 1.57. The van der Waals surface area contributed by atoms with E-state index < -0.39 is 0 Å². The van der Waals surface area contributed by atoms with Gasteiger partial charge in [0, 0.05) is 56.9 Å². The summed E-state index contributed by atoms with van der Waals surface area (Å²) in [6, 6.07) is 7.08. The second-order valence-corrected chi connectivity index (χ2v) is 7.98. The molecule has 0 aromatic heterocycles. The summed E-state index contributed by atoms with van der Waals surface area (Å²) in [5.41, 5.74) is 1.62. The molecular weight excluding hydrogens is 382 g/mol. The number of nitrogens with one attached hydrogen (secondary N) is 3. The quantitative estimate of drug-likeness (QED) is 0.547. The molecule has 8 heteroatoms. The molecule has 30 heavy (non-hydrogen) atoms. The van der Waals surface area contributed by atoms with E-state index in [4.69, 9.17) is 6.42 Å². The third kappa shape index (κ3) is 5.10. The molecule has 8 nitrogen and oxygen atoms in total. The van der Waals surface area contributed by atoms with Gasteiger partial charge in [-0.2, -0.15) is 0 Å².